The van der Waals surface area contributed by atoms with Gasteiger partial charge in [-0.25, -0.2) is 8.42 Å². The van der Waals surface area contributed by atoms with Crippen LogP contribution in [0.2, 0.25) is 0 Å². The topological polar surface area (TPSA) is 57.7 Å². The average molecular weight is 286 g/mol. The van der Waals surface area contributed by atoms with Crippen LogP contribution in [0.15, 0.2) is 21.7 Å². The third kappa shape index (κ3) is 2.06. The van der Waals surface area contributed by atoms with Crippen LogP contribution in [-0.2, 0) is 14.8 Å². The molecule has 0 aromatic carbocycles. The number of carbonyl (C=O) groups is 1. The predicted octanol–water partition coefficient (Wildman–Crippen LogP) is 0.743. The normalized spacial score (nSPS) is 22.4. The lowest BCUT2D eigenvalue weighted by molar-refractivity contribution is -0.134. The van der Waals surface area contributed by atoms with Gasteiger partial charge in [-0.1, -0.05) is 6.07 Å². The molecule has 1 aromatic rings. The summed E-state index contributed by atoms with van der Waals surface area (Å²) in [5.41, 5.74) is 0. The number of nitrogens with zero attached hydrogens (tertiary/aromatic N) is 2. The lowest BCUT2D eigenvalue weighted by Gasteiger charge is -2.33. The second-order valence-corrected chi connectivity index (χ2v) is 7.70. The highest BCUT2D eigenvalue weighted by Gasteiger charge is 2.39. The van der Waals surface area contributed by atoms with Crippen LogP contribution in [0, 0.1) is 0 Å². The Morgan fingerprint density at radius 2 is 2.06 bits per heavy atom. The number of sulfonamides is 1. The second-order valence-electron chi connectivity index (χ2n) is 4.59. The summed E-state index contributed by atoms with van der Waals surface area (Å²) in [6.07, 6.45) is 2.12. The number of hydrogen-bond donors (Lipinski definition) is 0. The lowest BCUT2D eigenvalue weighted by Crippen LogP contribution is -2.52. The van der Waals surface area contributed by atoms with E-state index in [1.54, 1.807) is 17.5 Å². The van der Waals surface area contributed by atoms with E-state index in [0.717, 1.165) is 12.8 Å². The van der Waals surface area contributed by atoms with Gasteiger partial charge in [0.15, 0.2) is 0 Å². The first kappa shape index (κ1) is 12.1. The molecule has 0 N–H and O–H groups in total. The molecule has 3 rings (SSSR count). The van der Waals surface area contributed by atoms with Crippen LogP contribution >= 0.6 is 11.3 Å². The van der Waals surface area contributed by atoms with Gasteiger partial charge in [0, 0.05) is 19.1 Å². The molecule has 0 atom stereocenters. The van der Waals surface area contributed by atoms with Crippen molar-refractivity contribution in [3.05, 3.63) is 17.5 Å². The van der Waals surface area contributed by atoms with Crippen LogP contribution in [0.25, 0.3) is 0 Å². The molecule has 18 heavy (non-hydrogen) atoms. The van der Waals surface area contributed by atoms with Crippen molar-refractivity contribution in [2.45, 2.75) is 23.1 Å². The van der Waals surface area contributed by atoms with Gasteiger partial charge < -0.3 is 4.90 Å². The van der Waals surface area contributed by atoms with E-state index in [-0.39, 0.29) is 12.5 Å². The van der Waals surface area contributed by atoms with E-state index in [4.69, 9.17) is 0 Å². The van der Waals surface area contributed by atoms with E-state index in [1.807, 2.05) is 4.90 Å². The van der Waals surface area contributed by atoms with E-state index < -0.39 is 10.0 Å². The van der Waals surface area contributed by atoms with Crippen molar-refractivity contribution in [2.24, 2.45) is 0 Å². The summed E-state index contributed by atoms with van der Waals surface area (Å²) in [4.78, 5) is 13.7. The molecule has 2 aliphatic rings. The molecule has 0 bridgehead atoms. The first-order valence-electron chi connectivity index (χ1n) is 5.92. The zero-order valence-electron chi connectivity index (χ0n) is 9.78. The molecule has 1 aliphatic carbocycles. The number of carbonyl (C=O) groups excluding carboxylic acids is 1. The summed E-state index contributed by atoms with van der Waals surface area (Å²) in [6.45, 7) is 0.910. The fourth-order valence-electron chi connectivity index (χ4n) is 2.18. The van der Waals surface area contributed by atoms with E-state index in [0.29, 0.717) is 23.3 Å². The van der Waals surface area contributed by atoms with Crippen LogP contribution < -0.4 is 0 Å². The van der Waals surface area contributed by atoms with Crippen molar-refractivity contribution >= 4 is 27.3 Å². The maximum atomic E-state index is 12.3. The Balaban J connectivity index is 1.77. The highest BCUT2D eigenvalue weighted by Crippen LogP contribution is 2.29. The molecule has 98 valence electrons. The molecule has 0 spiro atoms. The van der Waals surface area contributed by atoms with Gasteiger partial charge in [-0.2, -0.15) is 4.31 Å². The minimum Gasteiger partial charge on any atom is -0.337 e. The van der Waals surface area contributed by atoms with Crippen LogP contribution in [0.5, 0.6) is 0 Å². The zero-order valence-corrected chi connectivity index (χ0v) is 11.4. The van der Waals surface area contributed by atoms with Gasteiger partial charge in [0.2, 0.25) is 5.91 Å². The molecule has 2 heterocycles. The summed E-state index contributed by atoms with van der Waals surface area (Å²) in [6, 6.07) is 3.65. The fourth-order valence-corrected chi connectivity index (χ4v) is 4.70. The van der Waals surface area contributed by atoms with Gasteiger partial charge in [-0.15, -0.1) is 11.3 Å². The molecule has 1 amide bonds. The summed E-state index contributed by atoms with van der Waals surface area (Å²) < 4.78 is 26.1. The van der Waals surface area contributed by atoms with Crippen LogP contribution in [-0.4, -0.2) is 49.2 Å². The molecule has 0 unspecified atom stereocenters. The quantitative estimate of drug-likeness (QED) is 0.823. The zero-order chi connectivity index (χ0) is 12.8. The van der Waals surface area contributed by atoms with E-state index in [1.165, 1.54) is 15.6 Å². The maximum absolute atomic E-state index is 12.3. The van der Waals surface area contributed by atoms with Gasteiger partial charge in [0.05, 0.1) is 6.54 Å². The Hall–Kier alpha value is -0.920. The Morgan fingerprint density at radius 3 is 2.61 bits per heavy atom. The van der Waals surface area contributed by atoms with Crippen molar-refractivity contribution in [1.82, 2.24) is 9.21 Å². The van der Waals surface area contributed by atoms with Crippen molar-refractivity contribution in [3.63, 3.8) is 0 Å². The fraction of sp³-hybridized carbons (Fsp3) is 0.545. The summed E-state index contributed by atoms with van der Waals surface area (Å²) >= 11 is 1.19. The molecular weight excluding hydrogens is 272 g/mol. The monoisotopic (exact) mass is 286 g/mol. The summed E-state index contributed by atoms with van der Waals surface area (Å²) in [5.74, 6) is -0.0659. The third-order valence-electron chi connectivity index (χ3n) is 3.30. The number of piperazine rings is 1. The molecule has 5 nitrogen and oxygen atoms in total. The SMILES string of the molecule is O=C1CN(S(=O)(=O)c2cccs2)CCN1C1CC1. The van der Waals surface area contributed by atoms with Crippen molar-refractivity contribution in [2.75, 3.05) is 19.6 Å². The predicted molar refractivity (Wildman–Crippen MR) is 67.8 cm³/mol. The first-order valence-corrected chi connectivity index (χ1v) is 8.24. The van der Waals surface area contributed by atoms with Crippen LogP contribution in [0.1, 0.15) is 12.8 Å². The summed E-state index contributed by atoms with van der Waals surface area (Å²) in [7, 11) is -3.48. The minimum absolute atomic E-state index is 0.0171. The van der Waals surface area contributed by atoms with E-state index >= 15 is 0 Å². The summed E-state index contributed by atoms with van der Waals surface area (Å²) in [5, 5.41) is 1.73. The van der Waals surface area contributed by atoms with Crippen LogP contribution in [0.3, 0.4) is 0 Å². The van der Waals surface area contributed by atoms with Gasteiger partial charge in [-0.05, 0) is 24.3 Å². The maximum Gasteiger partial charge on any atom is 0.253 e. The molecule has 7 heteroatoms. The number of hydrogen-bond acceptors (Lipinski definition) is 4. The Morgan fingerprint density at radius 1 is 1.28 bits per heavy atom. The lowest BCUT2D eigenvalue weighted by atomic mass is 10.3. The highest BCUT2D eigenvalue weighted by molar-refractivity contribution is 7.91. The molecule has 1 saturated carbocycles. The van der Waals surface area contributed by atoms with E-state index in [9.17, 15) is 13.2 Å². The second kappa shape index (κ2) is 4.32. The van der Waals surface area contributed by atoms with Gasteiger partial charge in [-0.3, -0.25) is 4.79 Å². The van der Waals surface area contributed by atoms with Gasteiger partial charge in [0.1, 0.15) is 4.21 Å². The average Bonchev–Trinajstić information content (AvgIpc) is 3.02. The van der Waals surface area contributed by atoms with Gasteiger partial charge in [0.25, 0.3) is 10.0 Å². The molecule has 2 fully saturated rings. The number of rotatable bonds is 3. The number of thiophene rings is 1. The first-order chi connectivity index (χ1) is 8.59. The van der Waals surface area contributed by atoms with E-state index in [2.05, 4.69) is 0 Å². The van der Waals surface area contributed by atoms with Crippen molar-refractivity contribution in [3.8, 4) is 0 Å². The molecule has 0 radical (unpaired) electrons. The largest absolute Gasteiger partial charge is 0.337 e. The van der Waals surface area contributed by atoms with Crippen molar-refractivity contribution in [1.29, 1.82) is 0 Å². The Bertz CT molecular complexity index is 549. The van der Waals surface area contributed by atoms with Crippen LogP contribution in [0.4, 0.5) is 0 Å². The number of amides is 1. The Labute approximate surface area is 110 Å². The third-order valence-corrected chi connectivity index (χ3v) is 6.52. The van der Waals surface area contributed by atoms with Gasteiger partial charge >= 0.3 is 0 Å². The molecule has 1 saturated heterocycles. The Kier molecular flexibility index (Phi) is 2.91. The molecule has 1 aliphatic heterocycles. The molecular formula is C11H14N2O3S2. The highest BCUT2D eigenvalue weighted by atomic mass is 32.2. The smallest absolute Gasteiger partial charge is 0.253 e. The van der Waals surface area contributed by atoms with Crippen molar-refractivity contribution < 1.29 is 13.2 Å². The molecule has 1 aromatic heterocycles. The standard InChI is InChI=1S/C11H14N2O3S2/c14-10-8-12(5-6-13(10)9-3-4-9)18(15,16)11-2-1-7-17-11/h1-2,7,9H,3-6,8H2. The minimum atomic E-state index is -3.48.